The third kappa shape index (κ3) is 4.87. The maximum absolute atomic E-state index is 13.0. The van der Waals surface area contributed by atoms with Gasteiger partial charge in [-0.3, -0.25) is 0 Å². The number of hydrogen-bond acceptors (Lipinski definition) is 0. The molecular weight excluding hydrogens is 519 g/mol. The molecule has 31 heavy (non-hydrogen) atoms. The zero-order chi connectivity index (χ0) is 19.3. The fourth-order valence-electron chi connectivity index (χ4n) is 3.97. The summed E-state index contributed by atoms with van der Waals surface area (Å²) in [5.41, 5.74) is 3.07. The monoisotopic (exact) mass is 533 g/mol. The first kappa shape index (κ1) is 25.5. The van der Waals surface area contributed by atoms with Gasteiger partial charge in [-0.25, -0.2) is 0 Å². The van der Waals surface area contributed by atoms with Crippen LogP contribution in [0.4, 0.5) is 13.2 Å². The van der Waals surface area contributed by atoms with Crippen LogP contribution >= 0.6 is 0 Å². The van der Waals surface area contributed by atoms with Crippen LogP contribution in [-0.4, -0.2) is 0 Å². The predicted molar refractivity (Wildman–Crippen MR) is 109 cm³/mol. The molecule has 0 heterocycles. The Morgan fingerprint density at radius 2 is 1.48 bits per heavy atom. The number of alkyl halides is 3. The number of benzene rings is 3. The van der Waals surface area contributed by atoms with Crippen LogP contribution in [0.25, 0.3) is 32.7 Å². The summed E-state index contributed by atoms with van der Waals surface area (Å²) in [4.78, 5) is 0. The molecule has 0 atom stereocenters. The second-order valence-electron chi connectivity index (χ2n) is 7.15. The van der Waals surface area contributed by atoms with E-state index in [9.17, 15) is 13.2 Å². The molecule has 4 aromatic carbocycles. The van der Waals surface area contributed by atoms with Crippen LogP contribution in [0.3, 0.4) is 0 Å². The summed E-state index contributed by atoms with van der Waals surface area (Å²) in [6.07, 6.45) is 0.389. The van der Waals surface area contributed by atoms with E-state index in [0.29, 0.717) is 5.56 Å². The van der Waals surface area contributed by atoms with E-state index in [4.69, 9.17) is 0 Å². The fourth-order valence-corrected chi connectivity index (χ4v) is 3.97. The largest absolute Gasteiger partial charge is 3.00 e. The SMILES string of the molecule is FC(F)(F)c1cccc(C2=CCC(c3ccc4c(c3)[cH-]c3ccccc34)=C2)c1.[Cl-].[Cl-].[Zr+3]. The second kappa shape index (κ2) is 9.82. The van der Waals surface area contributed by atoms with Crippen molar-refractivity contribution in [1.29, 1.82) is 0 Å². The van der Waals surface area contributed by atoms with Crippen LogP contribution in [0.1, 0.15) is 23.1 Å². The van der Waals surface area contributed by atoms with Gasteiger partial charge < -0.3 is 24.8 Å². The van der Waals surface area contributed by atoms with Crippen LogP contribution in [-0.2, 0) is 32.4 Å². The minimum atomic E-state index is -4.33. The van der Waals surface area contributed by atoms with Crippen molar-refractivity contribution in [3.63, 3.8) is 0 Å². The summed E-state index contributed by atoms with van der Waals surface area (Å²) in [7, 11) is 0. The van der Waals surface area contributed by atoms with Gasteiger partial charge in [-0.15, -0.1) is 39.7 Å². The Kier molecular flexibility index (Phi) is 8.08. The predicted octanol–water partition coefficient (Wildman–Crippen LogP) is 1.61. The smallest absolute Gasteiger partial charge is 1.00 e. The molecule has 1 aliphatic rings. The van der Waals surface area contributed by atoms with E-state index in [1.54, 1.807) is 6.07 Å². The second-order valence-corrected chi connectivity index (χ2v) is 7.15. The molecule has 0 fully saturated rings. The molecule has 0 aromatic heterocycles. The molecule has 0 amide bonds. The third-order valence-electron chi connectivity index (χ3n) is 5.38. The fraction of sp³-hybridized carbons (Fsp3) is 0.0800. The summed E-state index contributed by atoms with van der Waals surface area (Å²) in [6.45, 7) is 0. The van der Waals surface area contributed by atoms with Crippen molar-refractivity contribution in [2.45, 2.75) is 12.6 Å². The van der Waals surface area contributed by atoms with E-state index < -0.39 is 11.7 Å². The molecule has 4 aromatic rings. The van der Waals surface area contributed by atoms with Crippen LogP contribution in [0.5, 0.6) is 0 Å². The van der Waals surface area contributed by atoms with Crippen LogP contribution < -0.4 is 24.8 Å². The Morgan fingerprint density at radius 1 is 0.742 bits per heavy atom. The summed E-state index contributed by atoms with van der Waals surface area (Å²) >= 11 is 0. The number of halogens is 5. The van der Waals surface area contributed by atoms with E-state index in [1.807, 2.05) is 24.3 Å². The Hall–Kier alpha value is -1.74. The molecule has 0 aliphatic heterocycles. The quantitative estimate of drug-likeness (QED) is 0.343. The number of hydrogen-bond donors (Lipinski definition) is 0. The van der Waals surface area contributed by atoms with E-state index in [1.165, 1.54) is 33.7 Å². The van der Waals surface area contributed by atoms with Gasteiger partial charge in [-0.1, -0.05) is 60.2 Å². The van der Waals surface area contributed by atoms with Crippen molar-refractivity contribution in [3.8, 4) is 0 Å². The van der Waals surface area contributed by atoms with E-state index in [-0.39, 0.29) is 51.0 Å². The van der Waals surface area contributed by atoms with E-state index in [2.05, 4.69) is 36.4 Å². The Morgan fingerprint density at radius 3 is 2.26 bits per heavy atom. The minimum absolute atomic E-state index is 0. The Labute approximate surface area is 210 Å². The summed E-state index contributed by atoms with van der Waals surface area (Å²) in [6, 6.07) is 22.4. The molecular formula is C25H16Cl2F3Zr. The molecule has 5 rings (SSSR count). The maximum atomic E-state index is 13.0. The van der Waals surface area contributed by atoms with Gasteiger partial charge in [0, 0.05) is 0 Å². The molecule has 0 saturated carbocycles. The molecule has 6 heteroatoms. The van der Waals surface area contributed by atoms with Gasteiger partial charge in [0.2, 0.25) is 0 Å². The standard InChI is InChI=1S/C25H16F3.2ClH.Zr/c26-25(27,28)22-6-3-5-16(15-22)17-8-9-18(12-17)19-10-11-24-21(13-19)14-20-4-1-2-7-23(20)24;;;/h1-8,10-15H,9H2;2*1H;/q-1;;;+3/p-2. The van der Waals surface area contributed by atoms with Gasteiger partial charge in [-0.2, -0.15) is 13.2 Å². The molecule has 0 unspecified atom stereocenters. The molecule has 0 bridgehead atoms. The molecule has 0 N–H and O–H groups in total. The molecule has 0 saturated heterocycles. The summed E-state index contributed by atoms with van der Waals surface area (Å²) in [5.74, 6) is 0. The summed E-state index contributed by atoms with van der Waals surface area (Å²) < 4.78 is 39.0. The van der Waals surface area contributed by atoms with Gasteiger partial charge in [0.15, 0.2) is 0 Å². The number of rotatable bonds is 2. The van der Waals surface area contributed by atoms with Gasteiger partial charge in [0.1, 0.15) is 0 Å². The van der Waals surface area contributed by atoms with Gasteiger partial charge in [0.25, 0.3) is 0 Å². The van der Waals surface area contributed by atoms with Crippen LogP contribution in [0, 0.1) is 0 Å². The van der Waals surface area contributed by atoms with Crippen molar-refractivity contribution in [3.05, 3.63) is 102 Å². The average molecular weight is 536 g/mol. The molecule has 155 valence electrons. The zero-order valence-electron chi connectivity index (χ0n) is 16.2. The molecule has 0 nitrogen and oxygen atoms in total. The van der Waals surface area contributed by atoms with E-state index >= 15 is 0 Å². The molecule has 0 spiro atoms. The zero-order valence-corrected chi connectivity index (χ0v) is 20.1. The maximum Gasteiger partial charge on any atom is 3.00 e. The third-order valence-corrected chi connectivity index (χ3v) is 5.38. The minimum Gasteiger partial charge on any atom is -1.00 e. The van der Waals surface area contributed by atoms with Crippen molar-refractivity contribution < 1.29 is 64.2 Å². The summed E-state index contributed by atoms with van der Waals surface area (Å²) in [5, 5.41) is 4.88. The van der Waals surface area contributed by atoms with Crippen molar-refractivity contribution in [2.75, 3.05) is 0 Å². The van der Waals surface area contributed by atoms with Crippen molar-refractivity contribution >= 4 is 32.7 Å². The number of fused-ring (bicyclic) bond motifs is 3. The van der Waals surface area contributed by atoms with Crippen LogP contribution in [0.15, 0.2) is 84.9 Å². The topological polar surface area (TPSA) is 0 Å². The first-order valence-electron chi connectivity index (χ1n) is 9.16. The van der Waals surface area contributed by atoms with Crippen molar-refractivity contribution in [2.24, 2.45) is 0 Å². The normalized spacial score (nSPS) is 13.1. The van der Waals surface area contributed by atoms with E-state index in [0.717, 1.165) is 29.2 Å². The first-order chi connectivity index (χ1) is 13.5. The van der Waals surface area contributed by atoms with Crippen LogP contribution in [0.2, 0.25) is 0 Å². The van der Waals surface area contributed by atoms with Gasteiger partial charge in [-0.05, 0) is 35.3 Å². The Bertz CT molecular complexity index is 1280. The molecule has 1 radical (unpaired) electrons. The van der Waals surface area contributed by atoms with Gasteiger partial charge in [0.05, 0.1) is 5.56 Å². The van der Waals surface area contributed by atoms with Gasteiger partial charge >= 0.3 is 32.4 Å². The number of allylic oxidation sites excluding steroid dienone is 4. The average Bonchev–Trinajstić information content (AvgIpc) is 3.32. The first-order valence-corrected chi connectivity index (χ1v) is 9.16. The Balaban J connectivity index is 0.00000114. The molecule has 1 aliphatic carbocycles. The van der Waals surface area contributed by atoms with Crippen molar-refractivity contribution in [1.82, 2.24) is 0 Å².